The topological polar surface area (TPSA) is 47.3 Å². The Morgan fingerprint density at radius 3 is 2.38 bits per heavy atom. The van der Waals surface area contributed by atoms with E-state index in [-0.39, 0.29) is 11.4 Å². The Bertz CT molecular complexity index is 892. The third kappa shape index (κ3) is 2.36. The molecule has 21 heavy (non-hydrogen) atoms. The summed E-state index contributed by atoms with van der Waals surface area (Å²) in [4.78, 5) is 24.0. The van der Waals surface area contributed by atoms with Crippen molar-refractivity contribution < 1.29 is 13.6 Å². The molecular weight excluding hydrogens is 271 g/mol. The van der Waals surface area contributed by atoms with E-state index in [4.69, 9.17) is 4.42 Å². The second-order valence-electron chi connectivity index (χ2n) is 4.77. The fourth-order valence-electron chi connectivity index (χ4n) is 2.26. The average Bonchev–Trinajstić information content (AvgIpc) is 2.47. The molecule has 0 saturated carbocycles. The summed E-state index contributed by atoms with van der Waals surface area (Å²) in [7, 11) is 0. The van der Waals surface area contributed by atoms with Gasteiger partial charge in [0.05, 0.1) is 5.56 Å². The Morgan fingerprint density at radius 1 is 1.00 bits per heavy atom. The largest absolute Gasteiger partial charge is 0.422 e. The number of hydrogen-bond donors (Lipinski definition) is 0. The highest BCUT2D eigenvalue weighted by atomic mass is 19.1. The van der Waals surface area contributed by atoms with E-state index in [1.807, 2.05) is 0 Å². The first-order chi connectivity index (χ1) is 10.1. The van der Waals surface area contributed by atoms with Gasteiger partial charge in [0.2, 0.25) is 0 Å². The van der Waals surface area contributed by atoms with Crippen LogP contribution >= 0.6 is 0 Å². The van der Waals surface area contributed by atoms with E-state index in [1.165, 1.54) is 30.3 Å². The second kappa shape index (κ2) is 4.98. The lowest BCUT2D eigenvalue weighted by Gasteiger charge is -2.08. The first-order valence-electron chi connectivity index (χ1n) is 6.40. The number of hydrogen-bond acceptors (Lipinski definition) is 3. The number of benzene rings is 2. The van der Waals surface area contributed by atoms with Crippen molar-refractivity contribution in [1.82, 2.24) is 0 Å². The Labute approximate surface area is 119 Å². The van der Waals surface area contributed by atoms with E-state index in [1.54, 1.807) is 25.1 Å². The van der Waals surface area contributed by atoms with Crippen molar-refractivity contribution in [2.45, 2.75) is 6.92 Å². The highest BCUT2D eigenvalue weighted by Gasteiger charge is 2.17. The summed E-state index contributed by atoms with van der Waals surface area (Å²) in [5.41, 5.74) is 1.12. The van der Waals surface area contributed by atoms with E-state index < -0.39 is 11.4 Å². The highest BCUT2D eigenvalue weighted by Crippen LogP contribution is 2.24. The van der Waals surface area contributed by atoms with Gasteiger partial charge in [-0.15, -0.1) is 0 Å². The quantitative estimate of drug-likeness (QED) is 0.534. The van der Waals surface area contributed by atoms with Crippen LogP contribution in [-0.2, 0) is 0 Å². The van der Waals surface area contributed by atoms with Crippen LogP contribution in [0.15, 0.2) is 57.7 Å². The molecule has 1 heterocycles. The number of aryl methyl sites for hydroxylation is 1. The summed E-state index contributed by atoms with van der Waals surface area (Å²) in [5.74, 6) is -0.708. The SMILES string of the molecule is Cc1ccc2ccc(=O)oc2c1C(=O)c1ccc(F)cc1. The van der Waals surface area contributed by atoms with Gasteiger partial charge in [0, 0.05) is 17.0 Å². The lowest BCUT2D eigenvalue weighted by atomic mass is 9.97. The maximum absolute atomic E-state index is 13.0. The van der Waals surface area contributed by atoms with E-state index >= 15 is 0 Å². The third-order valence-electron chi connectivity index (χ3n) is 3.33. The number of rotatable bonds is 2. The van der Waals surface area contributed by atoms with Crippen LogP contribution in [0.3, 0.4) is 0 Å². The zero-order valence-corrected chi connectivity index (χ0v) is 11.2. The summed E-state index contributed by atoms with van der Waals surface area (Å²) < 4.78 is 18.2. The zero-order chi connectivity index (χ0) is 15.0. The number of ketones is 1. The van der Waals surface area contributed by atoms with E-state index in [9.17, 15) is 14.0 Å². The predicted molar refractivity (Wildman–Crippen MR) is 77.1 cm³/mol. The summed E-state index contributed by atoms with van der Waals surface area (Å²) >= 11 is 0. The molecule has 3 nitrogen and oxygen atoms in total. The number of carbonyl (C=O) groups excluding carboxylic acids is 1. The van der Waals surface area contributed by atoms with Gasteiger partial charge in [0.15, 0.2) is 5.78 Å². The monoisotopic (exact) mass is 282 g/mol. The van der Waals surface area contributed by atoms with Crippen molar-refractivity contribution in [2.75, 3.05) is 0 Å². The maximum atomic E-state index is 13.0. The Morgan fingerprint density at radius 2 is 1.67 bits per heavy atom. The zero-order valence-electron chi connectivity index (χ0n) is 11.2. The molecule has 3 aromatic rings. The van der Waals surface area contributed by atoms with Crippen LogP contribution < -0.4 is 5.63 Å². The molecule has 104 valence electrons. The van der Waals surface area contributed by atoms with Gasteiger partial charge in [-0.1, -0.05) is 12.1 Å². The van der Waals surface area contributed by atoms with Crippen molar-refractivity contribution >= 4 is 16.8 Å². The molecule has 4 heteroatoms. The lowest BCUT2D eigenvalue weighted by Crippen LogP contribution is -2.07. The van der Waals surface area contributed by atoms with E-state index in [0.29, 0.717) is 22.1 Å². The molecule has 0 bridgehead atoms. The minimum atomic E-state index is -0.513. The Kier molecular flexibility index (Phi) is 3.14. The summed E-state index contributed by atoms with van der Waals surface area (Å²) in [6, 6.07) is 11.8. The molecule has 0 amide bonds. The molecule has 0 atom stereocenters. The van der Waals surface area contributed by atoms with Gasteiger partial charge in [-0.25, -0.2) is 9.18 Å². The molecule has 0 fully saturated rings. The molecule has 0 aliphatic heterocycles. The minimum Gasteiger partial charge on any atom is -0.422 e. The fourth-order valence-corrected chi connectivity index (χ4v) is 2.26. The van der Waals surface area contributed by atoms with Crippen LogP contribution in [0.5, 0.6) is 0 Å². The fraction of sp³-hybridized carbons (Fsp3) is 0.0588. The Hall–Kier alpha value is -2.75. The standard InChI is InChI=1S/C17H11FO3/c1-10-2-3-12-6-9-14(19)21-17(12)15(10)16(20)11-4-7-13(18)8-5-11/h2-9H,1H3. The molecule has 0 aliphatic rings. The van der Waals surface area contributed by atoms with E-state index in [0.717, 1.165) is 0 Å². The molecule has 2 aromatic carbocycles. The molecule has 0 aliphatic carbocycles. The number of carbonyl (C=O) groups is 1. The van der Waals surface area contributed by atoms with E-state index in [2.05, 4.69) is 0 Å². The van der Waals surface area contributed by atoms with Crippen molar-refractivity contribution in [3.05, 3.63) is 81.5 Å². The molecule has 0 unspecified atom stereocenters. The van der Waals surface area contributed by atoms with Gasteiger partial charge < -0.3 is 4.42 Å². The predicted octanol–water partition coefficient (Wildman–Crippen LogP) is 3.47. The molecule has 0 radical (unpaired) electrons. The van der Waals surface area contributed by atoms with Crippen molar-refractivity contribution in [2.24, 2.45) is 0 Å². The molecule has 1 aromatic heterocycles. The lowest BCUT2D eigenvalue weighted by molar-refractivity contribution is 0.103. The first kappa shape index (κ1) is 13.2. The van der Waals surface area contributed by atoms with Crippen LogP contribution in [0.4, 0.5) is 4.39 Å². The van der Waals surface area contributed by atoms with Crippen molar-refractivity contribution in [3.8, 4) is 0 Å². The van der Waals surface area contributed by atoms with Crippen LogP contribution in [0.2, 0.25) is 0 Å². The van der Waals surface area contributed by atoms with Crippen LogP contribution in [0.1, 0.15) is 21.5 Å². The third-order valence-corrected chi connectivity index (χ3v) is 3.33. The van der Waals surface area contributed by atoms with Crippen LogP contribution in [0, 0.1) is 12.7 Å². The van der Waals surface area contributed by atoms with Gasteiger partial charge in [0.1, 0.15) is 11.4 Å². The summed E-state index contributed by atoms with van der Waals surface area (Å²) in [5, 5.41) is 0.672. The second-order valence-corrected chi connectivity index (χ2v) is 4.77. The van der Waals surface area contributed by atoms with Crippen LogP contribution in [-0.4, -0.2) is 5.78 Å². The summed E-state index contributed by atoms with van der Waals surface area (Å²) in [6.45, 7) is 1.77. The van der Waals surface area contributed by atoms with Crippen molar-refractivity contribution in [1.29, 1.82) is 0 Å². The van der Waals surface area contributed by atoms with Gasteiger partial charge >= 0.3 is 5.63 Å². The van der Waals surface area contributed by atoms with Crippen LogP contribution in [0.25, 0.3) is 11.0 Å². The van der Waals surface area contributed by atoms with Crippen molar-refractivity contribution in [3.63, 3.8) is 0 Å². The number of halogens is 1. The van der Waals surface area contributed by atoms with Gasteiger partial charge in [-0.05, 0) is 42.8 Å². The highest BCUT2D eigenvalue weighted by molar-refractivity contribution is 6.16. The van der Waals surface area contributed by atoms with Gasteiger partial charge in [0.25, 0.3) is 0 Å². The molecular formula is C17H11FO3. The smallest absolute Gasteiger partial charge is 0.336 e. The van der Waals surface area contributed by atoms with Gasteiger partial charge in [-0.2, -0.15) is 0 Å². The summed E-state index contributed by atoms with van der Waals surface area (Å²) in [6.07, 6.45) is 0. The molecule has 3 rings (SSSR count). The maximum Gasteiger partial charge on any atom is 0.336 e. The van der Waals surface area contributed by atoms with Gasteiger partial charge in [-0.3, -0.25) is 4.79 Å². The first-order valence-corrected chi connectivity index (χ1v) is 6.40. The Balaban J connectivity index is 2.25. The minimum absolute atomic E-state index is 0.261. The molecule has 0 spiro atoms. The molecule has 0 saturated heterocycles. The molecule has 0 N–H and O–H groups in total. The average molecular weight is 282 g/mol. The normalized spacial score (nSPS) is 10.8. The number of fused-ring (bicyclic) bond motifs is 1.